The number of nitrogens with one attached hydrogen (secondary N) is 1. The van der Waals surface area contributed by atoms with Crippen molar-refractivity contribution in [3.05, 3.63) is 48.5 Å². The lowest BCUT2D eigenvalue weighted by Gasteiger charge is -2.31. The second-order valence-electron chi connectivity index (χ2n) is 6.73. The molecule has 2 amide bonds. The Morgan fingerprint density at radius 1 is 1.21 bits per heavy atom. The number of carbonyl (C=O) groups excluding carboxylic acids is 2. The summed E-state index contributed by atoms with van der Waals surface area (Å²) in [7, 11) is -1.90. The van der Waals surface area contributed by atoms with Gasteiger partial charge in [0, 0.05) is 7.05 Å². The third-order valence-corrected chi connectivity index (χ3v) is 5.86. The van der Waals surface area contributed by atoms with Gasteiger partial charge in [0.25, 0.3) is 5.91 Å². The molecule has 0 radical (unpaired) electrons. The Morgan fingerprint density at radius 2 is 1.86 bits per heavy atom. The maximum atomic E-state index is 13.1. The minimum atomic E-state index is -3.36. The van der Waals surface area contributed by atoms with Crippen molar-refractivity contribution in [1.82, 2.24) is 0 Å². The van der Waals surface area contributed by atoms with Crippen LogP contribution in [0.15, 0.2) is 48.5 Å². The lowest BCUT2D eigenvalue weighted by molar-refractivity contribution is -0.127. The fourth-order valence-corrected chi connectivity index (χ4v) is 3.51. The Kier molecular flexibility index (Phi) is 5.78. The van der Waals surface area contributed by atoms with E-state index in [-0.39, 0.29) is 18.4 Å². The Bertz CT molecular complexity index is 1020. The molecule has 29 heavy (non-hydrogen) atoms. The zero-order valence-corrected chi connectivity index (χ0v) is 17.3. The molecule has 0 bridgehead atoms. The largest absolute Gasteiger partial charge is 0.481 e. The van der Waals surface area contributed by atoms with Gasteiger partial charge in [0.2, 0.25) is 15.9 Å². The third kappa shape index (κ3) is 4.51. The molecule has 0 saturated carbocycles. The van der Waals surface area contributed by atoms with Gasteiger partial charge in [-0.2, -0.15) is 0 Å². The van der Waals surface area contributed by atoms with Crippen LogP contribution in [0.2, 0.25) is 0 Å². The SMILES string of the molecule is CCC(Oc1ccc(N(C)S(C)(=O)=O)cc1)C(=O)N1CC(=O)Nc2ccccc21. The number of sulfonamides is 1. The highest BCUT2D eigenvalue weighted by Crippen LogP contribution is 2.30. The molecule has 0 spiro atoms. The summed E-state index contributed by atoms with van der Waals surface area (Å²) in [6.07, 6.45) is 0.743. The molecule has 1 unspecified atom stereocenters. The smallest absolute Gasteiger partial charge is 0.268 e. The van der Waals surface area contributed by atoms with E-state index in [0.29, 0.717) is 29.2 Å². The molecule has 1 N–H and O–H groups in total. The van der Waals surface area contributed by atoms with Crippen molar-refractivity contribution in [2.24, 2.45) is 0 Å². The van der Waals surface area contributed by atoms with Crippen molar-refractivity contribution < 1.29 is 22.7 Å². The molecule has 1 atom stereocenters. The van der Waals surface area contributed by atoms with Crippen LogP contribution in [0.1, 0.15) is 13.3 Å². The number of para-hydroxylation sites is 2. The van der Waals surface area contributed by atoms with Crippen molar-refractivity contribution in [3.63, 3.8) is 0 Å². The van der Waals surface area contributed by atoms with E-state index in [1.807, 2.05) is 6.92 Å². The molecule has 1 heterocycles. The van der Waals surface area contributed by atoms with E-state index < -0.39 is 16.1 Å². The van der Waals surface area contributed by atoms with Gasteiger partial charge in [-0.25, -0.2) is 8.42 Å². The van der Waals surface area contributed by atoms with Crippen LogP contribution in [-0.2, 0) is 19.6 Å². The molecule has 0 aliphatic carbocycles. The Balaban J connectivity index is 1.78. The molecule has 9 heteroatoms. The van der Waals surface area contributed by atoms with Crippen molar-refractivity contribution in [2.45, 2.75) is 19.4 Å². The van der Waals surface area contributed by atoms with Crippen LogP contribution in [0.5, 0.6) is 5.75 Å². The summed E-state index contributed by atoms with van der Waals surface area (Å²) in [5.41, 5.74) is 1.70. The molecule has 0 fully saturated rings. The highest BCUT2D eigenvalue weighted by molar-refractivity contribution is 7.92. The molecule has 3 rings (SSSR count). The van der Waals surface area contributed by atoms with E-state index >= 15 is 0 Å². The first kappa shape index (κ1) is 20.7. The summed E-state index contributed by atoms with van der Waals surface area (Å²) in [6, 6.07) is 13.5. The topological polar surface area (TPSA) is 96.0 Å². The summed E-state index contributed by atoms with van der Waals surface area (Å²) in [4.78, 5) is 26.5. The lowest BCUT2D eigenvalue weighted by atomic mass is 10.1. The van der Waals surface area contributed by atoms with Crippen molar-refractivity contribution >= 4 is 38.9 Å². The van der Waals surface area contributed by atoms with Crippen LogP contribution in [-0.4, -0.2) is 46.2 Å². The number of anilines is 3. The number of hydrogen-bond acceptors (Lipinski definition) is 5. The fourth-order valence-electron chi connectivity index (χ4n) is 3.00. The van der Waals surface area contributed by atoms with E-state index in [2.05, 4.69) is 5.32 Å². The first-order chi connectivity index (χ1) is 13.7. The molecular formula is C20H23N3O5S. The molecule has 0 saturated heterocycles. The van der Waals surface area contributed by atoms with Gasteiger partial charge in [0.15, 0.2) is 6.10 Å². The third-order valence-electron chi connectivity index (χ3n) is 4.66. The van der Waals surface area contributed by atoms with E-state index in [1.165, 1.54) is 11.9 Å². The number of benzene rings is 2. The van der Waals surface area contributed by atoms with Gasteiger partial charge in [0.1, 0.15) is 12.3 Å². The second kappa shape index (κ2) is 8.12. The summed E-state index contributed by atoms with van der Waals surface area (Å²) in [5.74, 6) is -0.141. The minimum absolute atomic E-state index is 0.0756. The molecule has 2 aromatic carbocycles. The van der Waals surface area contributed by atoms with Crippen molar-refractivity contribution in [2.75, 3.05) is 34.4 Å². The van der Waals surface area contributed by atoms with E-state index in [1.54, 1.807) is 48.5 Å². The van der Waals surface area contributed by atoms with E-state index in [9.17, 15) is 18.0 Å². The van der Waals surface area contributed by atoms with Crippen LogP contribution in [0.3, 0.4) is 0 Å². The van der Waals surface area contributed by atoms with Crippen LogP contribution >= 0.6 is 0 Å². The maximum Gasteiger partial charge on any atom is 0.268 e. The number of amides is 2. The van der Waals surface area contributed by atoms with E-state index in [4.69, 9.17) is 4.74 Å². The van der Waals surface area contributed by atoms with Crippen LogP contribution in [0.25, 0.3) is 0 Å². The summed E-state index contributed by atoms with van der Waals surface area (Å²) < 4.78 is 30.3. The molecule has 154 valence electrons. The van der Waals surface area contributed by atoms with Gasteiger partial charge in [0.05, 0.1) is 23.3 Å². The molecular weight excluding hydrogens is 394 g/mol. The molecule has 8 nitrogen and oxygen atoms in total. The van der Waals surface area contributed by atoms with Crippen molar-refractivity contribution in [1.29, 1.82) is 0 Å². The van der Waals surface area contributed by atoms with Gasteiger partial charge in [-0.3, -0.25) is 18.8 Å². The fraction of sp³-hybridized carbons (Fsp3) is 0.300. The predicted molar refractivity (Wildman–Crippen MR) is 112 cm³/mol. The van der Waals surface area contributed by atoms with Gasteiger partial charge in [-0.05, 0) is 42.8 Å². The summed E-state index contributed by atoms with van der Waals surface area (Å²) >= 11 is 0. The molecule has 1 aliphatic rings. The molecule has 1 aliphatic heterocycles. The highest BCUT2D eigenvalue weighted by atomic mass is 32.2. The first-order valence-corrected chi connectivity index (χ1v) is 11.0. The standard InChI is InChI=1S/C20H23N3O5S/c1-4-18(28-15-11-9-14(10-12-15)22(2)29(3,26)27)20(25)23-13-19(24)21-16-7-5-6-8-17(16)23/h5-12,18H,4,13H2,1-3H3,(H,21,24). The molecule has 2 aromatic rings. The normalized spacial score (nSPS) is 14.6. The quantitative estimate of drug-likeness (QED) is 0.778. The second-order valence-corrected chi connectivity index (χ2v) is 8.74. The average Bonchev–Trinajstić information content (AvgIpc) is 2.70. The number of fused-ring (bicyclic) bond motifs is 1. The van der Waals surface area contributed by atoms with Gasteiger partial charge in [-0.1, -0.05) is 19.1 Å². The Morgan fingerprint density at radius 3 is 2.48 bits per heavy atom. The number of nitrogens with zero attached hydrogens (tertiary/aromatic N) is 2. The van der Waals surface area contributed by atoms with Gasteiger partial charge >= 0.3 is 0 Å². The number of hydrogen-bond donors (Lipinski definition) is 1. The number of carbonyl (C=O) groups is 2. The van der Waals surface area contributed by atoms with Gasteiger partial charge < -0.3 is 10.1 Å². The maximum absolute atomic E-state index is 13.1. The Labute approximate surface area is 170 Å². The van der Waals surface area contributed by atoms with Crippen LogP contribution in [0, 0.1) is 0 Å². The monoisotopic (exact) mass is 417 g/mol. The molecule has 0 aromatic heterocycles. The zero-order chi connectivity index (χ0) is 21.2. The van der Waals surface area contributed by atoms with E-state index in [0.717, 1.165) is 10.6 Å². The predicted octanol–water partition coefficient (Wildman–Crippen LogP) is 2.23. The number of rotatable bonds is 6. The summed E-state index contributed by atoms with van der Waals surface area (Å²) in [5, 5.41) is 2.75. The number of ether oxygens (including phenoxy) is 1. The summed E-state index contributed by atoms with van der Waals surface area (Å²) in [6.45, 7) is 1.75. The van der Waals surface area contributed by atoms with Crippen LogP contribution in [0.4, 0.5) is 17.1 Å². The minimum Gasteiger partial charge on any atom is -0.481 e. The first-order valence-electron chi connectivity index (χ1n) is 9.11. The highest BCUT2D eigenvalue weighted by Gasteiger charge is 2.32. The lowest BCUT2D eigenvalue weighted by Crippen LogP contribution is -2.48. The zero-order valence-electron chi connectivity index (χ0n) is 16.5. The van der Waals surface area contributed by atoms with Gasteiger partial charge in [-0.15, -0.1) is 0 Å². The Hall–Kier alpha value is -3.07. The average molecular weight is 417 g/mol. The van der Waals surface area contributed by atoms with Crippen molar-refractivity contribution in [3.8, 4) is 5.75 Å². The van der Waals surface area contributed by atoms with Crippen LogP contribution < -0.4 is 19.3 Å².